The van der Waals surface area contributed by atoms with E-state index in [-0.39, 0.29) is 38.3 Å². The van der Waals surface area contributed by atoms with E-state index >= 15 is 0 Å². The van der Waals surface area contributed by atoms with Gasteiger partial charge in [-0.05, 0) is 61.4 Å². The minimum Gasteiger partial charge on any atom is -0.465 e. The minimum absolute atomic E-state index is 0.0113. The van der Waals surface area contributed by atoms with Gasteiger partial charge < -0.3 is 13.7 Å². The van der Waals surface area contributed by atoms with Crippen LogP contribution in [0.15, 0.2) is 89.8 Å². The lowest BCUT2D eigenvalue weighted by atomic mass is 9.90. The Balaban J connectivity index is 1.38. The Kier molecular flexibility index (Phi) is 8.57. The number of imide groups is 1. The molecule has 0 radical (unpaired) electrons. The summed E-state index contributed by atoms with van der Waals surface area (Å²) in [5, 5.41) is 1.41. The van der Waals surface area contributed by atoms with Crippen LogP contribution in [0.25, 0.3) is 0 Å². The maximum Gasteiger partial charge on any atom is 0.348 e. The predicted molar refractivity (Wildman–Crippen MR) is 170 cm³/mol. The van der Waals surface area contributed by atoms with Crippen molar-refractivity contribution in [3.05, 3.63) is 106 Å². The van der Waals surface area contributed by atoms with Gasteiger partial charge in [-0.2, -0.15) is 8.42 Å². The molecule has 12 nitrogen and oxygen atoms in total. The molecule has 0 aliphatic carbocycles. The third-order valence-corrected chi connectivity index (χ3v) is 10.3. The molecule has 14 heteroatoms. The van der Waals surface area contributed by atoms with Crippen molar-refractivity contribution in [2.75, 3.05) is 23.7 Å². The van der Waals surface area contributed by atoms with E-state index in [1.165, 1.54) is 36.3 Å². The number of fused-ring (bicyclic) bond motifs is 1. The molecule has 3 aromatic carbocycles. The van der Waals surface area contributed by atoms with E-state index < -0.39 is 51.9 Å². The maximum absolute atomic E-state index is 14.3. The van der Waals surface area contributed by atoms with E-state index in [9.17, 15) is 27.6 Å². The van der Waals surface area contributed by atoms with Gasteiger partial charge in [0.05, 0.1) is 31.0 Å². The van der Waals surface area contributed by atoms with Gasteiger partial charge >= 0.3 is 22.1 Å². The van der Waals surface area contributed by atoms with E-state index in [2.05, 4.69) is 0 Å². The third kappa shape index (κ3) is 5.64. The summed E-state index contributed by atoms with van der Waals surface area (Å²) in [7, 11) is -2.94. The average Bonchev–Trinajstić information content (AvgIpc) is 3.71. The molecule has 0 saturated carbocycles. The van der Waals surface area contributed by atoms with Crippen LogP contribution in [0.5, 0.6) is 5.75 Å². The summed E-state index contributed by atoms with van der Waals surface area (Å²) in [5.41, 5.74) is 1.21. The number of ether oxygens (including phenoxy) is 2. The number of hydrogen-bond donors (Lipinski definition) is 0. The molecule has 242 valence electrons. The van der Waals surface area contributed by atoms with Crippen LogP contribution in [0.4, 0.5) is 10.7 Å². The van der Waals surface area contributed by atoms with Gasteiger partial charge in [-0.3, -0.25) is 14.4 Å². The van der Waals surface area contributed by atoms with Gasteiger partial charge in [0.15, 0.2) is 6.10 Å². The lowest BCUT2D eigenvalue weighted by Gasteiger charge is -2.28. The summed E-state index contributed by atoms with van der Waals surface area (Å²) in [6.07, 6.45) is -1.28. The first-order valence-electron chi connectivity index (χ1n) is 14.4. The molecule has 3 atom stereocenters. The van der Waals surface area contributed by atoms with Crippen molar-refractivity contribution in [2.24, 2.45) is 5.92 Å². The number of benzene rings is 3. The molecular formula is C33H28N2O10S2. The van der Waals surface area contributed by atoms with Gasteiger partial charge in [-0.1, -0.05) is 48.5 Å². The molecule has 6 rings (SSSR count). The molecule has 0 N–H and O–H groups in total. The molecule has 0 unspecified atom stereocenters. The summed E-state index contributed by atoms with van der Waals surface area (Å²) in [4.78, 5) is 61.0. The number of esters is 2. The summed E-state index contributed by atoms with van der Waals surface area (Å²) in [5.74, 6) is -3.95. The summed E-state index contributed by atoms with van der Waals surface area (Å²) in [6, 6.07) is 21.8. The number of para-hydroxylation sites is 1. The van der Waals surface area contributed by atoms with Crippen LogP contribution in [-0.4, -0.2) is 52.0 Å². The molecular weight excluding hydrogens is 649 g/mol. The number of nitrogens with zero attached hydrogens (tertiary/aromatic N) is 2. The second kappa shape index (κ2) is 12.6. The molecule has 2 aliphatic heterocycles. The highest BCUT2D eigenvalue weighted by Crippen LogP contribution is 2.50. The summed E-state index contributed by atoms with van der Waals surface area (Å²) < 4.78 is 41.0. The number of anilines is 2. The molecule has 2 fully saturated rings. The fraction of sp³-hybridized carbons (Fsp3) is 0.212. The van der Waals surface area contributed by atoms with Crippen LogP contribution in [0, 0.1) is 12.8 Å². The number of thiophene rings is 1. The first kappa shape index (κ1) is 31.9. The van der Waals surface area contributed by atoms with Crippen molar-refractivity contribution in [1.29, 1.82) is 0 Å². The molecule has 2 saturated heterocycles. The highest BCUT2D eigenvalue weighted by atomic mass is 32.2. The summed E-state index contributed by atoms with van der Waals surface area (Å²) in [6.45, 7) is 3.23. The van der Waals surface area contributed by atoms with Crippen LogP contribution < -0.4 is 14.1 Å². The monoisotopic (exact) mass is 676 g/mol. The minimum atomic E-state index is -4.10. The van der Waals surface area contributed by atoms with Gasteiger partial charge in [0.1, 0.15) is 26.4 Å². The van der Waals surface area contributed by atoms with Gasteiger partial charge in [0, 0.05) is 0 Å². The summed E-state index contributed by atoms with van der Waals surface area (Å²) >= 11 is 0.787. The van der Waals surface area contributed by atoms with E-state index in [1.54, 1.807) is 67.6 Å². The lowest BCUT2D eigenvalue weighted by molar-refractivity contribution is -0.126. The van der Waals surface area contributed by atoms with Crippen molar-refractivity contribution in [3.8, 4) is 5.75 Å². The smallest absolute Gasteiger partial charge is 0.348 e. The van der Waals surface area contributed by atoms with E-state index in [1.807, 2.05) is 0 Å². The van der Waals surface area contributed by atoms with E-state index in [0.717, 1.165) is 23.3 Å². The number of amides is 2. The Morgan fingerprint density at radius 3 is 2.15 bits per heavy atom. The van der Waals surface area contributed by atoms with Crippen molar-refractivity contribution in [1.82, 2.24) is 0 Å². The quantitative estimate of drug-likeness (QED) is 0.136. The highest BCUT2D eigenvalue weighted by molar-refractivity contribution is 7.87. The number of carbonyl (C=O) groups excluding carboxylic acids is 4. The largest absolute Gasteiger partial charge is 0.465 e. The maximum atomic E-state index is 14.3. The molecule has 2 aliphatic rings. The Labute approximate surface area is 274 Å². The average molecular weight is 677 g/mol. The van der Waals surface area contributed by atoms with Crippen molar-refractivity contribution >= 4 is 55.9 Å². The van der Waals surface area contributed by atoms with Crippen molar-refractivity contribution in [2.45, 2.75) is 30.9 Å². The first-order chi connectivity index (χ1) is 22.6. The number of carbonyl (C=O) groups is 4. The van der Waals surface area contributed by atoms with Gasteiger partial charge in [0.25, 0.3) is 5.91 Å². The Bertz CT molecular complexity index is 1960. The number of hydroxylamine groups is 1. The van der Waals surface area contributed by atoms with Gasteiger partial charge in [-0.15, -0.1) is 11.3 Å². The topological polar surface area (TPSA) is 146 Å². The van der Waals surface area contributed by atoms with Crippen molar-refractivity contribution in [3.63, 3.8) is 0 Å². The Morgan fingerprint density at radius 2 is 1.53 bits per heavy atom. The van der Waals surface area contributed by atoms with Crippen LogP contribution in [0.3, 0.4) is 0 Å². The SMILES string of the molecule is CCOC(=O)c1sc(N2C(=O)[C@H]3[C@@H](c4ccc(OS(=O)(=O)c5ccccc5)cc4)N(c4ccccc4)O[C@H]3C2=O)c(C(=O)OC)c1C. The van der Waals surface area contributed by atoms with Crippen molar-refractivity contribution < 1.29 is 46.1 Å². The normalized spacial score (nSPS) is 19.1. The molecule has 1 aromatic heterocycles. The van der Waals surface area contributed by atoms with E-state index in [0.29, 0.717) is 11.3 Å². The van der Waals surface area contributed by atoms with E-state index in [4.69, 9.17) is 18.5 Å². The number of rotatable bonds is 9. The van der Waals surface area contributed by atoms with Gasteiger partial charge in [0.2, 0.25) is 5.91 Å². The van der Waals surface area contributed by atoms with Crippen LogP contribution in [-0.2, 0) is 34.0 Å². The number of methoxy groups -OCH3 is 1. The zero-order valence-electron chi connectivity index (χ0n) is 25.3. The zero-order valence-corrected chi connectivity index (χ0v) is 26.9. The molecule has 0 bridgehead atoms. The van der Waals surface area contributed by atoms with Crippen LogP contribution in [0.2, 0.25) is 0 Å². The van der Waals surface area contributed by atoms with Crippen LogP contribution >= 0.6 is 11.3 Å². The molecule has 47 heavy (non-hydrogen) atoms. The first-order valence-corrected chi connectivity index (χ1v) is 16.7. The fourth-order valence-corrected chi connectivity index (χ4v) is 7.78. The third-order valence-electron chi connectivity index (χ3n) is 7.77. The van der Waals surface area contributed by atoms with Crippen LogP contribution in [0.1, 0.15) is 44.1 Å². The Hall–Kier alpha value is -5.05. The molecule has 4 aromatic rings. The molecule has 2 amide bonds. The standard InChI is InChI=1S/C33H28N2O10S2/c1-4-43-33(39)28-19(2)24(32(38)42-3)31(46-28)34-29(36)25-26(35(44-27(25)30(34)37)21-11-7-5-8-12-21)20-15-17-22(18-16-20)45-47(40,41)23-13-9-6-10-14-23/h5-18,25-27H,4H2,1-3H3/t25-,26+,27+/m0/s1. The lowest BCUT2D eigenvalue weighted by Crippen LogP contribution is -2.37. The second-order valence-corrected chi connectivity index (χ2v) is 13.1. The predicted octanol–water partition coefficient (Wildman–Crippen LogP) is 4.84. The second-order valence-electron chi connectivity index (χ2n) is 10.5. The van der Waals surface area contributed by atoms with Gasteiger partial charge in [-0.25, -0.2) is 19.6 Å². The molecule has 3 heterocycles. The highest BCUT2D eigenvalue weighted by Gasteiger charge is 2.61. The zero-order chi connectivity index (χ0) is 33.5. The Morgan fingerprint density at radius 1 is 0.894 bits per heavy atom. The fourth-order valence-electron chi connectivity index (χ4n) is 5.62. The number of hydrogen-bond acceptors (Lipinski definition) is 12. The molecule has 0 spiro atoms.